The molecule has 1 aliphatic rings. The third-order valence-electron chi connectivity index (χ3n) is 4.42. The first-order valence-corrected chi connectivity index (χ1v) is 10.1. The number of carbonyl (C=O) groups is 2. The van der Waals surface area contributed by atoms with Gasteiger partial charge in [0.1, 0.15) is 17.2 Å². The predicted octanol–water partition coefficient (Wildman–Crippen LogP) is 5.68. The molecule has 3 aromatic carbocycles. The molecule has 5 nitrogen and oxygen atoms in total. The molecule has 0 amide bonds. The van der Waals surface area contributed by atoms with Gasteiger partial charge in [-0.25, -0.2) is 4.79 Å². The van der Waals surface area contributed by atoms with Gasteiger partial charge in [-0.15, -0.1) is 0 Å². The summed E-state index contributed by atoms with van der Waals surface area (Å²) in [6.45, 7) is 2.51. The van der Waals surface area contributed by atoms with Crippen LogP contribution in [0.1, 0.15) is 33.2 Å². The Morgan fingerprint density at radius 1 is 1.00 bits per heavy atom. The third-order valence-corrected chi connectivity index (χ3v) is 4.95. The maximum Gasteiger partial charge on any atom is 0.343 e. The van der Waals surface area contributed by atoms with E-state index in [9.17, 15) is 9.59 Å². The molecule has 0 radical (unpaired) electrons. The smallest absolute Gasteiger partial charge is 0.343 e. The third kappa shape index (κ3) is 4.28. The first-order chi connectivity index (χ1) is 14.5. The second-order valence-electron chi connectivity index (χ2n) is 6.50. The van der Waals surface area contributed by atoms with E-state index in [0.29, 0.717) is 29.2 Å². The van der Waals surface area contributed by atoms with Crippen LogP contribution in [0.2, 0.25) is 0 Å². The number of ketones is 1. The molecule has 0 atom stereocenters. The summed E-state index contributed by atoms with van der Waals surface area (Å²) >= 11 is 3.33. The maximum atomic E-state index is 12.6. The molecule has 0 aromatic heterocycles. The number of allylic oxidation sites excluding steroid dienone is 1. The molecule has 1 aliphatic heterocycles. The fourth-order valence-electron chi connectivity index (χ4n) is 2.96. The molecule has 0 fully saturated rings. The number of fused-ring (bicyclic) bond motifs is 1. The summed E-state index contributed by atoms with van der Waals surface area (Å²) in [6, 6.07) is 18.9. The number of carbonyl (C=O) groups excluding carboxylic acids is 2. The summed E-state index contributed by atoms with van der Waals surface area (Å²) < 4.78 is 17.4. The Balaban J connectivity index is 1.50. The van der Waals surface area contributed by atoms with Crippen molar-refractivity contribution in [2.45, 2.75) is 6.92 Å². The highest BCUT2D eigenvalue weighted by atomic mass is 79.9. The molecule has 3 aromatic rings. The highest BCUT2D eigenvalue weighted by molar-refractivity contribution is 9.10. The van der Waals surface area contributed by atoms with E-state index in [2.05, 4.69) is 15.9 Å². The van der Waals surface area contributed by atoms with Crippen LogP contribution in [-0.2, 0) is 0 Å². The molecule has 0 saturated carbocycles. The molecule has 0 N–H and O–H groups in total. The van der Waals surface area contributed by atoms with Crippen LogP contribution in [0.15, 0.2) is 77.0 Å². The van der Waals surface area contributed by atoms with Crippen LogP contribution in [-0.4, -0.2) is 18.4 Å². The molecule has 30 heavy (non-hydrogen) atoms. The minimum atomic E-state index is -0.489. The Morgan fingerprint density at radius 3 is 2.40 bits per heavy atom. The van der Waals surface area contributed by atoms with Crippen LogP contribution in [0.3, 0.4) is 0 Å². The number of halogens is 1. The topological polar surface area (TPSA) is 61.8 Å². The van der Waals surface area contributed by atoms with Crippen molar-refractivity contribution < 1.29 is 23.8 Å². The highest BCUT2D eigenvalue weighted by Gasteiger charge is 2.28. The van der Waals surface area contributed by atoms with E-state index in [0.717, 1.165) is 15.8 Å². The lowest BCUT2D eigenvalue weighted by atomic mass is 10.1. The molecule has 0 spiro atoms. The monoisotopic (exact) mass is 464 g/mol. The first kappa shape index (κ1) is 19.9. The van der Waals surface area contributed by atoms with Gasteiger partial charge in [-0.3, -0.25) is 4.79 Å². The average Bonchev–Trinajstić information content (AvgIpc) is 3.05. The second kappa shape index (κ2) is 8.55. The number of esters is 1. The maximum absolute atomic E-state index is 12.6. The summed E-state index contributed by atoms with van der Waals surface area (Å²) in [7, 11) is 0. The fourth-order valence-corrected chi connectivity index (χ4v) is 3.23. The largest absolute Gasteiger partial charge is 0.494 e. The minimum absolute atomic E-state index is 0.213. The number of Topliss-reactive ketones (excluding diaryl/α,β-unsaturated/α-hetero) is 1. The lowest BCUT2D eigenvalue weighted by molar-refractivity contribution is 0.0734. The van der Waals surface area contributed by atoms with E-state index in [4.69, 9.17) is 14.2 Å². The Kier molecular flexibility index (Phi) is 5.68. The van der Waals surface area contributed by atoms with E-state index >= 15 is 0 Å². The molecule has 1 heterocycles. The van der Waals surface area contributed by atoms with E-state index in [1.807, 2.05) is 31.2 Å². The molecule has 0 bridgehead atoms. The Labute approximate surface area is 182 Å². The summed E-state index contributed by atoms with van der Waals surface area (Å²) in [5.41, 5.74) is 1.67. The van der Waals surface area contributed by atoms with Crippen LogP contribution >= 0.6 is 15.9 Å². The molecule has 0 saturated heterocycles. The highest BCUT2D eigenvalue weighted by Crippen LogP contribution is 2.35. The normalized spacial score (nSPS) is 13.7. The van der Waals surface area contributed by atoms with Crippen molar-refractivity contribution in [2.24, 2.45) is 0 Å². The second-order valence-corrected chi connectivity index (χ2v) is 7.41. The van der Waals surface area contributed by atoms with Gasteiger partial charge < -0.3 is 14.2 Å². The van der Waals surface area contributed by atoms with Crippen LogP contribution in [0.25, 0.3) is 6.08 Å². The molecule has 6 heteroatoms. The fraction of sp³-hybridized carbons (Fsp3) is 0.0833. The van der Waals surface area contributed by atoms with Crippen molar-refractivity contribution in [1.82, 2.24) is 0 Å². The Hall–Kier alpha value is -3.38. The van der Waals surface area contributed by atoms with Crippen LogP contribution < -0.4 is 14.2 Å². The van der Waals surface area contributed by atoms with Crippen molar-refractivity contribution in [2.75, 3.05) is 6.61 Å². The van der Waals surface area contributed by atoms with E-state index < -0.39 is 5.97 Å². The number of ether oxygens (including phenoxy) is 3. The van der Waals surface area contributed by atoms with Crippen LogP contribution in [0, 0.1) is 0 Å². The van der Waals surface area contributed by atoms with Crippen LogP contribution in [0.5, 0.6) is 17.2 Å². The minimum Gasteiger partial charge on any atom is -0.494 e. The lowest BCUT2D eigenvalue weighted by Crippen LogP contribution is -2.08. The summed E-state index contributed by atoms with van der Waals surface area (Å²) in [5.74, 6) is 0.932. The SMILES string of the molecule is CCOc1ccc(/C=C2\Oc3cc(OC(=O)c4ccc(Br)cc4)ccc3C2=O)cc1. The van der Waals surface area contributed by atoms with Gasteiger partial charge in [0.15, 0.2) is 5.76 Å². The number of hydrogen-bond acceptors (Lipinski definition) is 5. The zero-order valence-corrected chi connectivity index (χ0v) is 17.6. The Bertz CT molecular complexity index is 1130. The number of benzene rings is 3. The average molecular weight is 465 g/mol. The van der Waals surface area contributed by atoms with Crippen LogP contribution in [0.4, 0.5) is 0 Å². The van der Waals surface area contributed by atoms with Crippen molar-refractivity contribution in [3.05, 3.63) is 93.7 Å². The van der Waals surface area contributed by atoms with Gasteiger partial charge in [0, 0.05) is 10.5 Å². The Morgan fingerprint density at radius 2 is 1.70 bits per heavy atom. The quantitative estimate of drug-likeness (QED) is 0.276. The van der Waals surface area contributed by atoms with Gasteiger partial charge in [0.25, 0.3) is 0 Å². The van der Waals surface area contributed by atoms with Crippen molar-refractivity contribution >= 4 is 33.8 Å². The standard InChI is InChI=1S/C24H17BrO5/c1-2-28-18-9-3-15(4-10-18)13-22-23(26)20-12-11-19(14-21(20)30-22)29-24(27)16-5-7-17(25)8-6-16/h3-14H,2H2,1H3/b22-13-. The first-order valence-electron chi connectivity index (χ1n) is 9.32. The van der Waals surface area contributed by atoms with Crippen molar-refractivity contribution in [3.63, 3.8) is 0 Å². The lowest BCUT2D eigenvalue weighted by Gasteiger charge is -2.06. The summed E-state index contributed by atoms with van der Waals surface area (Å²) in [4.78, 5) is 24.9. The van der Waals surface area contributed by atoms with E-state index in [-0.39, 0.29) is 11.5 Å². The van der Waals surface area contributed by atoms with Gasteiger partial charge >= 0.3 is 5.97 Å². The van der Waals surface area contributed by atoms with Gasteiger partial charge in [0.05, 0.1) is 17.7 Å². The zero-order valence-electron chi connectivity index (χ0n) is 16.1. The van der Waals surface area contributed by atoms with Gasteiger partial charge in [0.2, 0.25) is 5.78 Å². The van der Waals surface area contributed by atoms with Gasteiger partial charge in [-0.2, -0.15) is 0 Å². The van der Waals surface area contributed by atoms with Gasteiger partial charge in [-0.05, 0) is 67.1 Å². The molecular weight excluding hydrogens is 448 g/mol. The van der Waals surface area contributed by atoms with E-state index in [1.165, 1.54) is 0 Å². The number of rotatable bonds is 5. The molecule has 150 valence electrons. The van der Waals surface area contributed by atoms with E-state index in [1.54, 1.807) is 48.5 Å². The van der Waals surface area contributed by atoms with Crippen molar-refractivity contribution in [3.8, 4) is 17.2 Å². The number of hydrogen-bond donors (Lipinski definition) is 0. The van der Waals surface area contributed by atoms with Crippen molar-refractivity contribution in [1.29, 1.82) is 0 Å². The summed E-state index contributed by atoms with van der Waals surface area (Å²) in [5, 5.41) is 0. The van der Waals surface area contributed by atoms with Gasteiger partial charge in [-0.1, -0.05) is 28.1 Å². The zero-order chi connectivity index (χ0) is 21.1. The predicted molar refractivity (Wildman–Crippen MR) is 116 cm³/mol. The molecule has 0 aliphatic carbocycles. The summed E-state index contributed by atoms with van der Waals surface area (Å²) in [6.07, 6.45) is 1.67. The molecule has 4 rings (SSSR count). The molecular formula is C24H17BrO5. The molecule has 0 unspecified atom stereocenters.